The minimum absolute atomic E-state index is 0.198. The number of anilines is 3. The molecule has 1 aromatic carbocycles. The van der Waals surface area contributed by atoms with Gasteiger partial charge in [0.05, 0.1) is 11.6 Å². The zero-order valence-corrected chi connectivity index (χ0v) is 10.8. The number of nitrogens with zero attached hydrogens (tertiary/aromatic N) is 3. The van der Waals surface area contributed by atoms with Crippen molar-refractivity contribution in [3.8, 4) is 0 Å². The van der Waals surface area contributed by atoms with E-state index in [0.717, 1.165) is 15.5 Å². The number of hydrogen-bond donors (Lipinski definition) is 3. The number of H-pyrrole nitrogens is 1. The van der Waals surface area contributed by atoms with E-state index in [1.807, 2.05) is 24.3 Å². The predicted octanol–water partition coefficient (Wildman–Crippen LogP) is 2.44. The number of nitrogen functional groups attached to an aromatic ring is 1. The summed E-state index contributed by atoms with van der Waals surface area (Å²) in [6.45, 7) is 0. The second kappa shape index (κ2) is 4.26. The molecule has 0 saturated heterocycles. The average molecular weight is 305 g/mol. The standard InChI is InChI=1S/C11H9BrN6/c12-6-2-1-3-7(4-6)15-9-8-5-14-18-10(8)17-11(13)16-9/h1-5H,(H4,13,14,15,16,17,18). The zero-order valence-electron chi connectivity index (χ0n) is 9.18. The Morgan fingerprint density at radius 3 is 3.00 bits per heavy atom. The number of halogens is 1. The summed E-state index contributed by atoms with van der Waals surface area (Å²) < 4.78 is 0.984. The maximum atomic E-state index is 5.65. The summed E-state index contributed by atoms with van der Waals surface area (Å²) in [6, 6.07) is 7.77. The van der Waals surface area contributed by atoms with E-state index < -0.39 is 0 Å². The number of aromatic amines is 1. The lowest BCUT2D eigenvalue weighted by molar-refractivity contribution is 1.09. The fourth-order valence-electron chi connectivity index (χ4n) is 1.65. The molecule has 4 N–H and O–H groups in total. The van der Waals surface area contributed by atoms with Gasteiger partial charge >= 0.3 is 0 Å². The summed E-state index contributed by atoms with van der Waals surface area (Å²) in [4.78, 5) is 8.23. The number of nitrogens with two attached hydrogens (primary N) is 1. The molecule has 2 aromatic heterocycles. The molecule has 6 nitrogen and oxygen atoms in total. The molecule has 0 saturated carbocycles. The molecule has 0 unspecified atom stereocenters. The summed E-state index contributed by atoms with van der Waals surface area (Å²) in [7, 11) is 0. The van der Waals surface area contributed by atoms with E-state index in [-0.39, 0.29) is 5.95 Å². The van der Waals surface area contributed by atoms with Crippen molar-refractivity contribution >= 4 is 44.4 Å². The molecule has 0 fully saturated rings. The Kier molecular flexibility index (Phi) is 2.60. The highest BCUT2D eigenvalue weighted by atomic mass is 79.9. The van der Waals surface area contributed by atoms with Crippen molar-refractivity contribution in [1.82, 2.24) is 20.2 Å². The first-order valence-electron chi connectivity index (χ1n) is 5.21. The number of hydrogen-bond acceptors (Lipinski definition) is 5. The van der Waals surface area contributed by atoms with Crippen LogP contribution in [0.3, 0.4) is 0 Å². The van der Waals surface area contributed by atoms with Crippen LogP contribution in [0.15, 0.2) is 34.9 Å². The van der Waals surface area contributed by atoms with E-state index in [1.54, 1.807) is 6.20 Å². The molecule has 0 aliphatic rings. The molecular weight excluding hydrogens is 296 g/mol. The van der Waals surface area contributed by atoms with E-state index in [4.69, 9.17) is 5.73 Å². The number of aromatic nitrogens is 4. The number of nitrogens with one attached hydrogen (secondary N) is 2. The number of benzene rings is 1. The van der Waals surface area contributed by atoms with Crippen LogP contribution >= 0.6 is 15.9 Å². The highest BCUT2D eigenvalue weighted by molar-refractivity contribution is 9.10. The van der Waals surface area contributed by atoms with Gasteiger partial charge < -0.3 is 11.1 Å². The Morgan fingerprint density at radius 2 is 2.17 bits per heavy atom. The van der Waals surface area contributed by atoms with Gasteiger partial charge in [0.2, 0.25) is 5.95 Å². The van der Waals surface area contributed by atoms with Gasteiger partial charge in [0.15, 0.2) is 5.65 Å². The van der Waals surface area contributed by atoms with Crippen LogP contribution in [0.4, 0.5) is 17.5 Å². The Morgan fingerprint density at radius 1 is 1.28 bits per heavy atom. The van der Waals surface area contributed by atoms with Crippen molar-refractivity contribution in [2.24, 2.45) is 0 Å². The van der Waals surface area contributed by atoms with Gasteiger partial charge in [-0.05, 0) is 18.2 Å². The topological polar surface area (TPSA) is 92.5 Å². The predicted molar refractivity (Wildman–Crippen MR) is 73.5 cm³/mol. The van der Waals surface area contributed by atoms with E-state index in [9.17, 15) is 0 Å². The van der Waals surface area contributed by atoms with Crippen LogP contribution in [0.5, 0.6) is 0 Å². The van der Waals surface area contributed by atoms with Gasteiger partial charge in [0.1, 0.15) is 5.82 Å². The summed E-state index contributed by atoms with van der Waals surface area (Å²) >= 11 is 3.42. The van der Waals surface area contributed by atoms with Crippen LogP contribution < -0.4 is 11.1 Å². The molecule has 0 radical (unpaired) electrons. The zero-order chi connectivity index (χ0) is 12.5. The monoisotopic (exact) mass is 304 g/mol. The molecule has 18 heavy (non-hydrogen) atoms. The third-order valence-corrected chi connectivity index (χ3v) is 2.91. The van der Waals surface area contributed by atoms with Crippen LogP contribution in [-0.4, -0.2) is 20.2 Å². The molecule has 7 heteroatoms. The maximum Gasteiger partial charge on any atom is 0.224 e. The smallest absolute Gasteiger partial charge is 0.224 e. The molecule has 2 heterocycles. The molecule has 0 bridgehead atoms. The largest absolute Gasteiger partial charge is 0.368 e. The molecule has 0 aliphatic carbocycles. The molecule has 90 valence electrons. The Labute approximate surface area is 111 Å². The lowest BCUT2D eigenvalue weighted by atomic mass is 10.3. The fraction of sp³-hybridized carbons (Fsp3) is 0. The Balaban J connectivity index is 2.06. The van der Waals surface area contributed by atoms with Crippen LogP contribution in [0.1, 0.15) is 0 Å². The summed E-state index contributed by atoms with van der Waals surface area (Å²) in [5.74, 6) is 0.827. The molecular formula is C11H9BrN6. The van der Waals surface area contributed by atoms with Gasteiger partial charge in [0, 0.05) is 10.2 Å². The summed E-state index contributed by atoms with van der Waals surface area (Å²) in [6.07, 6.45) is 1.66. The van der Waals surface area contributed by atoms with Gasteiger partial charge in [-0.2, -0.15) is 15.1 Å². The minimum Gasteiger partial charge on any atom is -0.368 e. The average Bonchev–Trinajstić information content (AvgIpc) is 2.77. The molecule has 0 atom stereocenters. The first kappa shape index (κ1) is 11.0. The van der Waals surface area contributed by atoms with Gasteiger partial charge in [-0.1, -0.05) is 22.0 Å². The van der Waals surface area contributed by atoms with E-state index >= 15 is 0 Å². The molecule has 0 amide bonds. The van der Waals surface area contributed by atoms with Crippen molar-refractivity contribution in [3.63, 3.8) is 0 Å². The normalized spacial score (nSPS) is 10.7. The maximum absolute atomic E-state index is 5.65. The summed E-state index contributed by atoms with van der Waals surface area (Å²) in [5, 5.41) is 10.7. The number of rotatable bonds is 2. The van der Waals surface area contributed by atoms with E-state index in [1.165, 1.54) is 0 Å². The SMILES string of the molecule is Nc1nc(Nc2cccc(Br)c2)c2cn[nH]c2n1. The quantitative estimate of drug-likeness (QED) is 0.676. The molecule has 0 aliphatic heterocycles. The second-order valence-corrected chi connectivity index (χ2v) is 4.61. The van der Waals surface area contributed by atoms with Crippen molar-refractivity contribution in [1.29, 1.82) is 0 Å². The van der Waals surface area contributed by atoms with Gasteiger partial charge in [-0.25, -0.2) is 0 Å². The van der Waals surface area contributed by atoms with Gasteiger partial charge in [0.25, 0.3) is 0 Å². The van der Waals surface area contributed by atoms with E-state index in [2.05, 4.69) is 41.4 Å². The third-order valence-electron chi connectivity index (χ3n) is 2.41. The van der Waals surface area contributed by atoms with Crippen LogP contribution in [0.2, 0.25) is 0 Å². The fourth-order valence-corrected chi connectivity index (χ4v) is 2.05. The lowest BCUT2D eigenvalue weighted by Crippen LogP contribution is -2.00. The lowest BCUT2D eigenvalue weighted by Gasteiger charge is -2.07. The van der Waals surface area contributed by atoms with Crippen LogP contribution in [-0.2, 0) is 0 Å². The Hall–Kier alpha value is -2.15. The first-order valence-corrected chi connectivity index (χ1v) is 6.01. The van der Waals surface area contributed by atoms with E-state index in [0.29, 0.717) is 11.5 Å². The molecule has 0 spiro atoms. The molecule has 3 rings (SSSR count). The van der Waals surface area contributed by atoms with Gasteiger partial charge in [-0.3, -0.25) is 5.10 Å². The van der Waals surface area contributed by atoms with Gasteiger partial charge in [-0.15, -0.1) is 0 Å². The van der Waals surface area contributed by atoms with Crippen molar-refractivity contribution in [2.45, 2.75) is 0 Å². The van der Waals surface area contributed by atoms with Crippen molar-refractivity contribution in [3.05, 3.63) is 34.9 Å². The van der Waals surface area contributed by atoms with Crippen molar-refractivity contribution in [2.75, 3.05) is 11.1 Å². The number of fused-ring (bicyclic) bond motifs is 1. The first-order chi connectivity index (χ1) is 8.72. The third kappa shape index (κ3) is 2.00. The molecule has 3 aromatic rings. The highest BCUT2D eigenvalue weighted by Crippen LogP contribution is 2.24. The van der Waals surface area contributed by atoms with Crippen LogP contribution in [0.25, 0.3) is 11.0 Å². The van der Waals surface area contributed by atoms with Crippen molar-refractivity contribution < 1.29 is 0 Å². The minimum atomic E-state index is 0.198. The Bertz CT molecular complexity index is 708. The highest BCUT2D eigenvalue weighted by Gasteiger charge is 2.08. The summed E-state index contributed by atoms with van der Waals surface area (Å²) in [5.41, 5.74) is 7.17. The second-order valence-electron chi connectivity index (χ2n) is 3.70. The van der Waals surface area contributed by atoms with Crippen LogP contribution in [0, 0.1) is 0 Å².